The van der Waals surface area contributed by atoms with Crippen LogP contribution < -0.4 is 4.90 Å². The maximum Gasteiger partial charge on any atom is 0.338 e. The van der Waals surface area contributed by atoms with Gasteiger partial charge in [-0.05, 0) is 36.6 Å². The molecule has 0 heterocycles. The Morgan fingerprint density at radius 1 is 1.08 bits per heavy atom. The summed E-state index contributed by atoms with van der Waals surface area (Å²) in [6, 6.07) is 13.1. The number of aliphatic hydroxyl groups is 1. The fourth-order valence-corrected chi connectivity index (χ4v) is 3.37. The van der Waals surface area contributed by atoms with Gasteiger partial charge in [-0.25, -0.2) is 4.79 Å². The van der Waals surface area contributed by atoms with Crippen molar-refractivity contribution in [3.05, 3.63) is 59.2 Å². The second kappa shape index (κ2) is 7.16. The standard InChI is InChI=1S/C20H23NO3/c1-3-21(4-2)12-13-24-20(23)17-11-7-10-16-18(17)14-8-5-6-9-15(14)19(16)22/h5-11,19,22H,3-4,12-13H2,1-2H3/p+1/t19-/m0/s1. The summed E-state index contributed by atoms with van der Waals surface area (Å²) in [6.07, 6.45) is -0.677. The highest BCUT2D eigenvalue weighted by molar-refractivity contribution is 6.00. The maximum absolute atomic E-state index is 12.6. The van der Waals surface area contributed by atoms with Gasteiger partial charge in [0.2, 0.25) is 0 Å². The lowest BCUT2D eigenvalue weighted by molar-refractivity contribution is -0.896. The van der Waals surface area contributed by atoms with Crippen LogP contribution in [0, 0.1) is 0 Å². The Kier molecular flexibility index (Phi) is 4.97. The predicted octanol–water partition coefficient (Wildman–Crippen LogP) is 1.83. The van der Waals surface area contributed by atoms with Crippen LogP contribution in [0.2, 0.25) is 0 Å². The van der Waals surface area contributed by atoms with Crippen molar-refractivity contribution in [2.24, 2.45) is 0 Å². The molecular formula is C20H24NO3+. The number of quaternary nitrogens is 1. The zero-order chi connectivity index (χ0) is 17.1. The fourth-order valence-electron chi connectivity index (χ4n) is 3.37. The van der Waals surface area contributed by atoms with Gasteiger partial charge in [0.25, 0.3) is 0 Å². The van der Waals surface area contributed by atoms with Gasteiger partial charge in [-0.1, -0.05) is 36.4 Å². The van der Waals surface area contributed by atoms with E-state index in [1.807, 2.05) is 30.3 Å². The molecule has 0 amide bonds. The zero-order valence-electron chi connectivity index (χ0n) is 14.2. The highest BCUT2D eigenvalue weighted by atomic mass is 16.5. The van der Waals surface area contributed by atoms with Crippen LogP contribution in [-0.2, 0) is 4.74 Å². The van der Waals surface area contributed by atoms with E-state index in [0.717, 1.165) is 41.9 Å². The summed E-state index contributed by atoms with van der Waals surface area (Å²) in [5, 5.41) is 10.5. The van der Waals surface area contributed by atoms with Gasteiger partial charge in [0.1, 0.15) is 19.3 Å². The number of rotatable bonds is 6. The van der Waals surface area contributed by atoms with E-state index in [0.29, 0.717) is 12.2 Å². The van der Waals surface area contributed by atoms with Gasteiger partial charge in [0.05, 0.1) is 18.7 Å². The van der Waals surface area contributed by atoms with Crippen LogP contribution in [0.1, 0.15) is 41.4 Å². The molecule has 0 saturated heterocycles. The molecule has 1 aliphatic rings. The van der Waals surface area contributed by atoms with Crippen molar-refractivity contribution in [3.63, 3.8) is 0 Å². The van der Waals surface area contributed by atoms with Crippen LogP contribution in [0.25, 0.3) is 11.1 Å². The van der Waals surface area contributed by atoms with Crippen molar-refractivity contribution in [1.29, 1.82) is 0 Å². The summed E-state index contributed by atoms with van der Waals surface area (Å²) in [4.78, 5) is 14.0. The summed E-state index contributed by atoms with van der Waals surface area (Å²) >= 11 is 0. The minimum atomic E-state index is -0.677. The minimum Gasteiger partial charge on any atom is -0.456 e. The number of benzene rings is 2. The molecule has 2 aromatic rings. The van der Waals surface area contributed by atoms with Crippen LogP contribution in [-0.4, -0.2) is 37.3 Å². The van der Waals surface area contributed by atoms with Crippen LogP contribution in [0.4, 0.5) is 0 Å². The Hall–Kier alpha value is -2.17. The number of carbonyl (C=O) groups excluding carboxylic acids is 1. The molecule has 2 aromatic carbocycles. The molecule has 1 atom stereocenters. The molecular weight excluding hydrogens is 302 g/mol. The largest absolute Gasteiger partial charge is 0.456 e. The molecule has 1 aliphatic carbocycles. The number of ether oxygens (including phenoxy) is 1. The first-order valence-corrected chi connectivity index (χ1v) is 8.58. The molecule has 0 aromatic heterocycles. The van der Waals surface area contributed by atoms with Gasteiger partial charge in [-0.3, -0.25) is 0 Å². The number of fused-ring (bicyclic) bond motifs is 3. The lowest BCUT2D eigenvalue weighted by Crippen LogP contribution is -3.11. The second-order valence-corrected chi connectivity index (χ2v) is 6.10. The third-order valence-electron chi connectivity index (χ3n) is 4.82. The van der Waals surface area contributed by atoms with Crippen LogP contribution in [0.15, 0.2) is 42.5 Å². The van der Waals surface area contributed by atoms with Crippen molar-refractivity contribution < 1.29 is 19.5 Å². The van der Waals surface area contributed by atoms with E-state index in [4.69, 9.17) is 4.74 Å². The van der Waals surface area contributed by atoms with Gasteiger partial charge >= 0.3 is 5.97 Å². The van der Waals surface area contributed by atoms with Crippen molar-refractivity contribution >= 4 is 5.97 Å². The van der Waals surface area contributed by atoms with E-state index in [-0.39, 0.29) is 5.97 Å². The molecule has 4 nitrogen and oxygen atoms in total. The summed E-state index contributed by atoms with van der Waals surface area (Å²) in [6.45, 7) is 7.52. The van der Waals surface area contributed by atoms with Crippen LogP contribution >= 0.6 is 0 Å². The number of nitrogens with one attached hydrogen (secondary N) is 1. The van der Waals surface area contributed by atoms with E-state index >= 15 is 0 Å². The third-order valence-corrected chi connectivity index (χ3v) is 4.82. The second-order valence-electron chi connectivity index (χ2n) is 6.10. The summed E-state index contributed by atoms with van der Waals surface area (Å²) < 4.78 is 5.50. The Bertz CT molecular complexity index is 737. The Morgan fingerprint density at radius 2 is 1.79 bits per heavy atom. The van der Waals surface area contributed by atoms with Gasteiger partial charge in [0, 0.05) is 5.56 Å². The van der Waals surface area contributed by atoms with Gasteiger partial charge < -0.3 is 14.7 Å². The Labute approximate surface area is 142 Å². The van der Waals surface area contributed by atoms with E-state index in [9.17, 15) is 9.90 Å². The highest BCUT2D eigenvalue weighted by Crippen LogP contribution is 2.44. The van der Waals surface area contributed by atoms with E-state index < -0.39 is 6.10 Å². The third kappa shape index (κ3) is 2.95. The SMILES string of the molecule is CC[NH+](CC)CCOC(=O)c1cccc2c1-c1ccccc1[C@@H]2O. The van der Waals surface area contributed by atoms with Gasteiger partial charge in [0.15, 0.2) is 0 Å². The van der Waals surface area contributed by atoms with Crippen molar-refractivity contribution in [3.8, 4) is 11.1 Å². The Morgan fingerprint density at radius 3 is 2.54 bits per heavy atom. The molecule has 4 heteroatoms. The first-order chi connectivity index (χ1) is 11.7. The van der Waals surface area contributed by atoms with Crippen LogP contribution in [0.3, 0.4) is 0 Å². The molecule has 0 radical (unpaired) electrons. The Balaban J connectivity index is 1.83. The molecule has 0 unspecified atom stereocenters. The molecule has 0 bridgehead atoms. The fraction of sp³-hybridized carbons (Fsp3) is 0.350. The smallest absolute Gasteiger partial charge is 0.338 e. The first-order valence-electron chi connectivity index (χ1n) is 8.58. The molecule has 2 N–H and O–H groups in total. The number of carbonyl (C=O) groups is 1. The molecule has 0 spiro atoms. The number of esters is 1. The first kappa shape index (κ1) is 16.7. The number of hydrogen-bond acceptors (Lipinski definition) is 3. The van der Waals surface area contributed by atoms with Crippen molar-refractivity contribution in [2.75, 3.05) is 26.2 Å². The molecule has 3 rings (SSSR count). The lowest BCUT2D eigenvalue weighted by Gasteiger charge is -2.15. The molecule has 126 valence electrons. The van der Waals surface area contributed by atoms with Crippen LogP contribution in [0.5, 0.6) is 0 Å². The van der Waals surface area contributed by atoms with Gasteiger partial charge in [-0.15, -0.1) is 0 Å². The minimum absolute atomic E-state index is 0.317. The van der Waals surface area contributed by atoms with Crippen molar-refractivity contribution in [1.82, 2.24) is 0 Å². The monoisotopic (exact) mass is 326 g/mol. The van der Waals surface area contributed by atoms with Gasteiger partial charge in [-0.2, -0.15) is 0 Å². The zero-order valence-corrected chi connectivity index (χ0v) is 14.2. The average Bonchev–Trinajstić information content (AvgIpc) is 2.92. The average molecular weight is 326 g/mol. The lowest BCUT2D eigenvalue weighted by atomic mass is 9.99. The summed E-state index contributed by atoms with van der Waals surface area (Å²) in [5.41, 5.74) is 3.88. The topological polar surface area (TPSA) is 51.0 Å². The quantitative estimate of drug-likeness (QED) is 0.796. The summed E-state index contributed by atoms with van der Waals surface area (Å²) in [5.74, 6) is -0.317. The van der Waals surface area contributed by atoms with E-state index in [2.05, 4.69) is 13.8 Å². The predicted molar refractivity (Wildman–Crippen MR) is 93.1 cm³/mol. The molecule has 0 aliphatic heterocycles. The highest BCUT2D eigenvalue weighted by Gasteiger charge is 2.30. The van der Waals surface area contributed by atoms with Crippen molar-refractivity contribution in [2.45, 2.75) is 20.0 Å². The normalized spacial score (nSPS) is 15.2. The maximum atomic E-state index is 12.6. The molecule has 0 saturated carbocycles. The van der Waals surface area contributed by atoms with E-state index in [1.165, 1.54) is 4.90 Å². The number of hydrogen-bond donors (Lipinski definition) is 2. The molecule has 0 fully saturated rings. The molecule has 24 heavy (non-hydrogen) atoms. The number of aliphatic hydroxyl groups excluding tert-OH is 1. The summed E-state index contributed by atoms with van der Waals surface area (Å²) in [7, 11) is 0. The number of likely N-dealkylation sites (N-methyl/N-ethyl adjacent to an activating group) is 1. The van der Waals surface area contributed by atoms with E-state index in [1.54, 1.807) is 12.1 Å².